The van der Waals surface area contributed by atoms with E-state index in [-0.39, 0.29) is 11.9 Å². The van der Waals surface area contributed by atoms with Crippen LogP contribution in [-0.2, 0) is 11.2 Å². The van der Waals surface area contributed by atoms with Gasteiger partial charge in [-0.1, -0.05) is 5.16 Å². The molecule has 2 aromatic rings. The molecule has 0 radical (unpaired) electrons. The van der Waals surface area contributed by atoms with Crippen molar-refractivity contribution >= 4 is 11.6 Å². The summed E-state index contributed by atoms with van der Waals surface area (Å²) >= 11 is 0. The van der Waals surface area contributed by atoms with Crippen molar-refractivity contribution in [1.29, 1.82) is 0 Å². The molecule has 7 heteroatoms. The van der Waals surface area contributed by atoms with E-state index in [1.165, 1.54) is 0 Å². The van der Waals surface area contributed by atoms with Crippen LogP contribution in [0.1, 0.15) is 29.9 Å². The summed E-state index contributed by atoms with van der Waals surface area (Å²) in [5, 5.41) is 7.48. The predicted molar refractivity (Wildman–Crippen MR) is 100 cm³/mol. The van der Waals surface area contributed by atoms with E-state index in [0.717, 1.165) is 53.6 Å². The Morgan fingerprint density at radius 2 is 2.07 bits per heavy atom. The molecular formula is C20H25N3O4. The summed E-state index contributed by atoms with van der Waals surface area (Å²) in [6, 6.07) is 6.12. The number of carbonyl (C=O) groups excluding carboxylic acids is 1. The lowest BCUT2D eigenvalue weighted by atomic mass is 10.0. The van der Waals surface area contributed by atoms with Gasteiger partial charge in [-0.15, -0.1) is 0 Å². The highest BCUT2D eigenvalue weighted by molar-refractivity contribution is 5.79. The van der Waals surface area contributed by atoms with Crippen LogP contribution in [0.15, 0.2) is 22.7 Å². The smallest absolute Gasteiger partial charge is 0.227 e. The van der Waals surface area contributed by atoms with Crippen molar-refractivity contribution in [2.45, 2.75) is 39.2 Å². The van der Waals surface area contributed by atoms with Crippen molar-refractivity contribution in [1.82, 2.24) is 10.1 Å². The Balaban J connectivity index is 1.38. The van der Waals surface area contributed by atoms with Crippen LogP contribution in [0.3, 0.4) is 0 Å². The predicted octanol–water partition coefficient (Wildman–Crippen LogP) is 2.71. The molecule has 4 rings (SSSR count). The van der Waals surface area contributed by atoms with Gasteiger partial charge in [0.05, 0.1) is 12.1 Å². The summed E-state index contributed by atoms with van der Waals surface area (Å²) in [4.78, 5) is 14.7. The minimum Gasteiger partial charge on any atom is -0.486 e. The zero-order valence-corrected chi connectivity index (χ0v) is 15.8. The largest absolute Gasteiger partial charge is 0.486 e. The van der Waals surface area contributed by atoms with Crippen molar-refractivity contribution < 1.29 is 18.8 Å². The number of nitrogens with one attached hydrogen (secondary N) is 1. The molecule has 1 aromatic heterocycles. The number of anilines is 1. The third kappa shape index (κ3) is 3.86. The molecule has 0 saturated carbocycles. The summed E-state index contributed by atoms with van der Waals surface area (Å²) in [6.45, 7) is 6.37. The molecule has 0 unspecified atom stereocenters. The van der Waals surface area contributed by atoms with E-state index < -0.39 is 0 Å². The average Bonchev–Trinajstić information content (AvgIpc) is 3.00. The molecule has 7 nitrogen and oxygen atoms in total. The first kappa shape index (κ1) is 17.7. The fourth-order valence-electron chi connectivity index (χ4n) is 3.71. The van der Waals surface area contributed by atoms with Crippen LogP contribution in [0.2, 0.25) is 0 Å². The molecule has 2 aliphatic rings. The topological polar surface area (TPSA) is 76.8 Å². The lowest BCUT2D eigenvalue weighted by Crippen LogP contribution is -2.45. The SMILES string of the molecule is Cc1noc(C)c1CC(=O)N1CCC[C@H](Nc2ccc3c(c2)OCCO3)C1. The molecule has 0 bridgehead atoms. The van der Waals surface area contributed by atoms with E-state index in [2.05, 4.69) is 10.5 Å². The Hall–Kier alpha value is -2.70. The molecular weight excluding hydrogens is 346 g/mol. The van der Waals surface area contributed by atoms with Gasteiger partial charge in [-0.3, -0.25) is 4.79 Å². The maximum atomic E-state index is 12.8. The second-order valence-corrected chi connectivity index (χ2v) is 7.16. The second kappa shape index (κ2) is 7.50. The third-order valence-electron chi connectivity index (χ3n) is 5.20. The number of nitrogens with zero attached hydrogens (tertiary/aromatic N) is 2. The van der Waals surface area contributed by atoms with Gasteiger partial charge in [-0.05, 0) is 38.8 Å². The zero-order chi connectivity index (χ0) is 18.8. The first-order valence-electron chi connectivity index (χ1n) is 9.46. The van der Waals surface area contributed by atoms with E-state index in [4.69, 9.17) is 14.0 Å². The highest BCUT2D eigenvalue weighted by Gasteiger charge is 2.25. The van der Waals surface area contributed by atoms with Crippen LogP contribution >= 0.6 is 0 Å². The van der Waals surface area contributed by atoms with Crippen LogP contribution < -0.4 is 14.8 Å². The fraction of sp³-hybridized carbons (Fsp3) is 0.500. The number of carbonyl (C=O) groups is 1. The third-order valence-corrected chi connectivity index (χ3v) is 5.20. The molecule has 3 heterocycles. The van der Waals surface area contributed by atoms with Crippen molar-refractivity contribution in [2.24, 2.45) is 0 Å². The summed E-state index contributed by atoms with van der Waals surface area (Å²) < 4.78 is 16.4. The standard InChI is InChI=1S/C20H25N3O4/c1-13-17(14(2)27-22-13)11-20(24)23-7-3-4-16(12-23)21-15-5-6-18-19(10-15)26-9-8-25-18/h5-6,10,16,21H,3-4,7-9,11-12H2,1-2H3/t16-/m0/s1. The number of rotatable bonds is 4. The number of amides is 1. The molecule has 1 atom stereocenters. The van der Waals surface area contributed by atoms with Crippen molar-refractivity contribution in [2.75, 3.05) is 31.6 Å². The number of aryl methyl sites for hydroxylation is 2. The quantitative estimate of drug-likeness (QED) is 0.891. The Morgan fingerprint density at radius 3 is 2.85 bits per heavy atom. The van der Waals surface area contributed by atoms with E-state index >= 15 is 0 Å². The number of ether oxygens (including phenoxy) is 2. The molecule has 1 amide bonds. The number of likely N-dealkylation sites (tertiary alicyclic amines) is 1. The number of aromatic nitrogens is 1. The number of fused-ring (bicyclic) bond motifs is 1. The Bertz CT molecular complexity index is 813. The minimum absolute atomic E-state index is 0.123. The number of hydrogen-bond acceptors (Lipinski definition) is 6. The Kier molecular flexibility index (Phi) is 4.92. The number of piperidine rings is 1. The zero-order valence-electron chi connectivity index (χ0n) is 15.8. The van der Waals surface area contributed by atoms with Crippen LogP contribution in [0.4, 0.5) is 5.69 Å². The van der Waals surface area contributed by atoms with Gasteiger partial charge in [0, 0.05) is 36.4 Å². The van der Waals surface area contributed by atoms with Crippen LogP contribution in [0, 0.1) is 13.8 Å². The van der Waals surface area contributed by atoms with Gasteiger partial charge in [0.1, 0.15) is 19.0 Å². The van der Waals surface area contributed by atoms with Crippen molar-refractivity contribution in [3.8, 4) is 11.5 Å². The molecule has 27 heavy (non-hydrogen) atoms. The van der Waals surface area contributed by atoms with Crippen LogP contribution in [-0.4, -0.2) is 48.3 Å². The monoisotopic (exact) mass is 371 g/mol. The van der Waals surface area contributed by atoms with E-state index in [9.17, 15) is 4.79 Å². The summed E-state index contributed by atoms with van der Waals surface area (Å²) in [7, 11) is 0. The number of benzene rings is 1. The highest BCUT2D eigenvalue weighted by Crippen LogP contribution is 2.33. The van der Waals surface area contributed by atoms with Gasteiger partial charge in [-0.2, -0.15) is 0 Å². The normalized spacial score (nSPS) is 19.0. The molecule has 1 saturated heterocycles. The molecule has 1 N–H and O–H groups in total. The highest BCUT2D eigenvalue weighted by atomic mass is 16.6. The summed E-state index contributed by atoms with van der Waals surface area (Å²) in [6.07, 6.45) is 2.36. The van der Waals surface area contributed by atoms with Gasteiger partial charge in [0.15, 0.2) is 11.5 Å². The van der Waals surface area contributed by atoms with E-state index in [1.54, 1.807) is 0 Å². The van der Waals surface area contributed by atoms with Crippen molar-refractivity contribution in [3.63, 3.8) is 0 Å². The van der Waals surface area contributed by atoms with Crippen molar-refractivity contribution in [3.05, 3.63) is 35.2 Å². The van der Waals surface area contributed by atoms with Gasteiger partial charge in [0.25, 0.3) is 0 Å². The first-order chi connectivity index (χ1) is 13.1. The van der Waals surface area contributed by atoms with E-state index in [1.807, 2.05) is 36.9 Å². The molecule has 1 aromatic carbocycles. The maximum absolute atomic E-state index is 12.8. The lowest BCUT2D eigenvalue weighted by molar-refractivity contribution is -0.131. The molecule has 0 aliphatic carbocycles. The lowest BCUT2D eigenvalue weighted by Gasteiger charge is -2.34. The van der Waals surface area contributed by atoms with Gasteiger partial charge in [-0.25, -0.2) is 0 Å². The fourth-order valence-corrected chi connectivity index (χ4v) is 3.71. The minimum atomic E-state index is 0.123. The van der Waals surface area contributed by atoms with E-state index in [0.29, 0.717) is 26.2 Å². The second-order valence-electron chi connectivity index (χ2n) is 7.16. The van der Waals surface area contributed by atoms with Crippen LogP contribution in [0.25, 0.3) is 0 Å². The Labute approximate surface area is 158 Å². The van der Waals surface area contributed by atoms with Crippen LogP contribution in [0.5, 0.6) is 11.5 Å². The molecule has 144 valence electrons. The van der Waals surface area contributed by atoms with Gasteiger partial charge < -0.3 is 24.2 Å². The molecule has 2 aliphatic heterocycles. The summed E-state index contributed by atoms with van der Waals surface area (Å²) in [5.41, 5.74) is 2.69. The average molecular weight is 371 g/mol. The van der Waals surface area contributed by atoms with Gasteiger partial charge >= 0.3 is 0 Å². The molecule has 0 spiro atoms. The molecule has 1 fully saturated rings. The summed E-state index contributed by atoms with van der Waals surface area (Å²) in [5.74, 6) is 2.40. The first-order valence-corrected chi connectivity index (χ1v) is 9.46. The maximum Gasteiger partial charge on any atom is 0.227 e. The van der Waals surface area contributed by atoms with Gasteiger partial charge in [0.2, 0.25) is 5.91 Å². The number of hydrogen-bond donors (Lipinski definition) is 1. The Morgan fingerprint density at radius 1 is 1.26 bits per heavy atom.